The van der Waals surface area contributed by atoms with Crippen LogP contribution in [-0.4, -0.2) is 15.3 Å². The third-order valence-corrected chi connectivity index (χ3v) is 2.70. The molecule has 3 heteroatoms. The van der Waals surface area contributed by atoms with E-state index in [2.05, 4.69) is 4.98 Å². The summed E-state index contributed by atoms with van der Waals surface area (Å²) in [7, 11) is 0. The summed E-state index contributed by atoms with van der Waals surface area (Å²) in [4.78, 5) is 15.8. The molecule has 0 spiro atoms. The van der Waals surface area contributed by atoms with E-state index in [1.165, 1.54) is 0 Å². The number of aryl methyl sites for hydroxylation is 1. The fraction of sp³-hybridized carbons (Fsp3) is 0.273. The fourth-order valence-corrected chi connectivity index (χ4v) is 2.00. The summed E-state index contributed by atoms with van der Waals surface area (Å²) in [6.07, 6.45) is 1.43. The van der Waals surface area contributed by atoms with Gasteiger partial charge in [0.1, 0.15) is 5.82 Å². The normalized spacial score (nSPS) is 15.9. The zero-order valence-electron chi connectivity index (χ0n) is 7.73. The van der Waals surface area contributed by atoms with Crippen LogP contribution < -0.4 is 0 Å². The Kier molecular flexibility index (Phi) is 1.48. The van der Waals surface area contributed by atoms with Crippen LogP contribution in [0.15, 0.2) is 24.3 Å². The van der Waals surface area contributed by atoms with Crippen molar-refractivity contribution >= 4 is 16.8 Å². The molecule has 0 radical (unpaired) electrons. The number of hydrogen-bond donors (Lipinski definition) is 0. The number of para-hydroxylation sites is 2. The van der Waals surface area contributed by atoms with E-state index in [-0.39, 0.29) is 0 Å². The van der Waals surface area contributed by atoms with Crippen molar-refractivity contribution in [1.82, 2.24) is 9.55 Å². The molecule has 0 saturated heterocycles. The van der Waals surface area contributed by atoms with Crippen molar-refractivity contribution < 1.29 is 4.79 Å². The van der Waals surface area contributed by atoms with Crippen molar-refractivity contribution in [3.05, 3.63) is 30.1 Å². The number of imidazole rings is 1. The molecule has 70 valence electrons. The summed E-state index contributed by atoms with van der Waals surface area (Å²) in [5, 5.41) is 0. The number of rotatable bonds is 0. The van der Waals surface area contributed by atoms with E-state index < -0.39 is 0 Å². The number of fused-ring (bicyclic) bond motifs is 3. The zero-order valence-corrected chi connectivity index (χ0v) is 7.73. The highest BCUT2D eigenvalue weighted by Gasteiger charge is 2.18. The maximum Gasteiger partial charge on any atom is 0.153 e. The molecular weight excluding hydrogens is 176 g/mol. The number of nitrogens with zero attached hydrogens (tertiary/aromatic N) is 2. The molecule has 0 unspecified atom stereocenters. The van der Waals surface area contributed by atoms with Gasteiger partial charge in [-0.2, -0.15) is 0 Å². The number of aromatic nitrogens is 2. The molecule has 0 N–H and O–H groups in total. The third-order valence-electron chi connectivity index (χ3n) is 2.70. The Morgan fingerprint density at radius 1 is 1.21 bits per heavy atom. The minimum absolute atomic E-state index is 0.306. The van der Waals surface area contributed by atoms with Crippen LogP contribution in [0.2, 0.25) is 0 Å². The maximum atomic E-state index is 11.3. The number of Topliss-reactive ketones (excluding diaryl/α,β-unsaturated/α-hetero) is 1. The van der Waals surface area contributed by atoms with Crippen molar-refractivity contribution in [2.45, 2.75) is 19.4 Å². The van der Waals surface area contributed by atoms with Gasteiger partial charge < -0.3 is 4.57 Å². The second kappa shape index (κ2) is 2.67. The first-order chi connectivity index (χ1) is 6.84. The molecule has 14 heavy (non-hydrogen) atoms. The molecule has 0 fully saturated rings. The highest BCUT2D eigenvalue weighted by atomic mass is 16.1. The van der Waals surface area contributed by atoms with Gasteiger partial charge in [-0.25, -0.2) is 4.98 Å². The molecular formula is C11H10N2O. The smallest absolute Gasteiger partial charge is 0.153 e. The largest absolute Gasteiger partial charge is 0.320 e. The van der Waals surface area contributed by atoms with Crippen molar-refractivity contribution in [1.29, 1.82) is 0 Å². The van der Waals surface area contributed by atoms with Crippen LogP contribution in [0.1, 0.15) is 12.2 Å². The highest BCUT2D eigenvalue weighted by molar-refractivity contribution is 5.84. The van der Waals surface area contributed by atoms with Crippen molar-refractivity contribution in [2.24, 2.45) is 0 Å². The summed E-state index contributed by atoms with van der Waals surface area (Å²) < 4.78 is 2.03. The maximum absolute atomic E-state index is 11.3. The van der Waals surface area contributed by atoms with Gasteiger partial charge in [0, 0.05) is 12.8 Å². The lowest BCUT2D eigenvalue weighted by Gasteiger charge is -2.12. The van der Waals surface area contributed by atoms with Crippen LogP contribution in [0.3, 0.4) is 0 Å². The summed E-state index contributed by atoms with van der Waals surface area (Å²) in [6.45, 7) is 0.496. The van der Waals surface area contributed by atoms with Gasteiger partial charge in [0.05, 0.1) is 17.6 Å². The first kappa shape index (κ1) is 7.74. The Balaban J connectivity index is 2.30. The van der Waals surface area contributed by atoms with Crippen molar-refractivity contribution in [3.8, 4) is 0 Å². The van der Waals surface area contributed by atoms with E-state index in [9.17, 15) is 4.79 Å². The van der Waals surface area contributed by atoms with Crippen molar-refractivity contribution in [2.75, 3.05) is 0 Å². The molecule has 1 aliphatic rings. The molecule has 0 atom stereocenters. The van der Waals surface area contributed by atoms with Gasteiger partial charge in [-0.05, 0) is 12.1 Å². The molecule has 2 aromatic rings. The summed E-state index contributed by atoms with van der Waals surface area (Å²) in [5.74, 6) is 1.35. The van der Waals surface area contributed by atoms with E-state index >= 15 is 0 Å². The van der Waals surface area contributed by atoms with E-state index in [0.29, 0.717) is 18.7 Å². The average molecular weight is 186 g/mol. The van der Waals surface area contributed by atoms with E-state index in [1.54, 1.807) is 0 Å². The standard InChI is InChI=1S/C11H10N2O/c14-8-5-6-11-12-9-3-1-2-4-10(9)13(11)7-8/h1-4H,5-7H2. The van der Waals surface area contributed by atoms with Crippen LogP contribution in [0.4, 0.5) is 0 Å². The van der Waals surface area contributed by atoms with Crippen LogP contribution in [-0.2, 0) is 17.8 Å². The number of hydrogen-bond acceptors (Lipinski definition) is 2. The summed E-state index contributed by atoms with van der Waals surface area (Å²) in [6, 6.07) is 7.97. The van der Waals surface area contributed by atoms with Crippen molar-refractivity contribution in [3.63, 3.8) is 0 Å². The molecule has 0 bridgehead atoms. The molecule has 3 rings (SSSR count). The number of ketones is 1. The lowest BCUT2D eigenvalue weighted by molar-refractivity contribution is -0.120. The number of benzene rings is 1. The van der Waals surface area contributed by atoms with Gasteiger partial charge in [0.15, 0.2) is 5.78 Å². The molecule has 3 nitrogen and oxygen atoms in total. The predicted octanol–water partition coefficient (Wildman–Crippen LogP) is 1.55. The molecule has 0 aliphatic carbocycles. The van der Waals surface area contributed by atoms with E-state index in [1.807, 2.05) is 28.8 Å². The Bertz CT molecular complexity index is 513. The van der Waals surface area contributed by atoms with E-state index in [4.69, 9.17) is 0 Å². The van der Waals surface area contributed by atoms with Gasteiger partial charge in [-0.15, -0.1) is 0 Å². The SMILES string of the molecule is O=C1CCc2nc3ccccc3n2C1. The second-order valence-corrected chi connectivity index (χ2v) is 3.64. The Labute approximate surface area is 81.4 Å². The minimum Gasteiger partial charge on any atom is -0.320 e. The number of carbonyl (C=O) groups is 1. The summed E-state index contributed by atoms with van der Waals surface area (Å²) >= 11 is 0. The minimum atomic E-state index is 0.306. The average Bonchev–Trinajstić information content (AvgIpc) is 2.56. The topological polar surface area (TPSA) is 34.9 Å². The Morgan fingerprint density at radius 2 is 2.07 bits per heavy atom. The second-order valence-electron chi connectivity index (χ2n) is 3.64. The zero-order chi connectivity index (χ0) is 9.54. The Hall–Kier alpha value is -1.64. The van der Waals surface area contributed by atoms with Crippen LogP contribution in [0.5, 0.6) is 0 Å². The first-order valence-corrected chi connectivity index (χ1v) is 4.80. The molecule has 1 aromatic carbocycles. The predicted molar refractivity (Wildman–Crippen MR) is 53.1 cm³/mol. The Morgan fingerprint density at radius 3 is 3.00 bits per heavy atom. The fourth-order valence-electron chi connectivity index (χ4n) is 2.00. The van der Waals surface area contributed by atoms with Crippen LogP contribution in [0, 0.1) is 0 Å². The first-order valence-electron chi connectivity index (χ1n) is 4.80. The van der Waals surface area contributed by atoms with Crippen LogP contribution in [0.25, 0.3) is 11.0 Å². The monoisotopic (exact) mass is 186 g/mol. The molecule has 0 amide bonds. The molecule has 0 saturated carbocycles. The van der Waals surface area contributed by atoms with Gasteiger partial charge in [-0.3, -0.25) is 4.79 Å². The molecule has 1 aliphatic heterocycles. The molecule has 1 aromatic heterocycles. The lowest BCUT2D eigenvalue weighted by atomic mass is 10.1. The summed E-state index contributed by atoms with van der Waals surface area (Å²) in [5.41, 5.74) is 2.08. The van der Waals surface area contributed by atoms with Crippen LogP contribution >= 0.6 is 0 Å². The third kappa shape index (κ3) is 0.985. The number of carbonyl (C=O) groups excluding carboxylic acids is 1. The lowest BCUT2D eigenvalue weighted by Crippen LogP contribution is -2.19. The van der Waals surface area contributed by atoms with Gasteiger partial charge in [0.25, 0.3) is 0 Å². The van der Waals surface area contributed by atoms with Gasteiger partial charge in [0.2, 0.25) is 0 Å². The van der Waals surface area contributed by atoms with Gasteiger partial charge in [-0.1, -0.05) is 12.1 Å². The highest BCUT2D eigenvalue weighted by Crippen LogP contribution is 2.20. The van der Waals surface area contributed by atoms with Gasteiger partial charge >= 0.3 is 0 Å². The quantitative estimate of drug-likeness (QED) is 0.625. The van der Waals surface area contributed by atoms with E-state index in [0.717, 1.165) is 23.3 Å². The molecule has 2 heterocycles.